The normalized spacial score (nSPS) is 20.5. The molecule has 1 aromatic carbocycles. The highest BCUT2D eigenvalue weighted by Crippen LogP contribution is 2.41. The third-order valence-corrected chi connectivity index (χ3v) is 5.98. The summed E-state index contributed by atoms with van der Waals surface area (Å²) in [5, 5.41) is 9.56. The zero-order chi connectivity index (χ0) is 16.5. The van der Waals surface area contributed by atoms with Crippen LogP contribution in [0, 0.1) is 0 Å². The Morgan fingerprint density at radius 3 is 2.88 bits per heavy atom. The molecule has 0 bridgehead atoms. The highest BCUT2D eigenvalue weighted by atomic mass is 32.2. The number of fused-ring (bicyclic) bond motifs is 1. The molecule has 2 aliphatic carbocycles. The van der Waals surface area contributed by atoms with Gasteiger partial charge in [-0.3, -0.25) is 4.79 Å². The lowest BCUT2D eigenvalue weighted by atomic mass is 10.0. The van der Waals surface area contributed by atoms with Gasteiger partial charge in [0.2, 0.25) is 0 Å². The molecule has 0 radical (unpaired) electrons. The number of aryl methyl sites for hydroxylation is 1. The van der Waals surface area contributed by atoms with Crippen molar-refractivity contribution in [1.29, 1.82) is 0 Å². The summed E-state index contributed by atoms with van der Waals surface area (Å²) in [5.41, 5.74) is 2.06. The first-order chi connectivity index (χ1) is 11.8. The summed E-state index contributed by atoms with van der Waals surface area (Å²) >= 11 is 1.57. The average Bonchev–Trinajstić information content (AvgIpc) is 3.38. The largest absolute Gasteiger partial charge is 0.302 e. The SMILES string of the molecule is C=CCn1c(SC2CCCc3ccccc3C2=O)nnc1C1CC1. The maximum absolute atomic E-state index is 13.0. The summed E-state index contributed by atoms with van der Waals surface area (Å²) in [6.07, 6.45) is 7.16. The second-order valence-corrected chi connectivity index (χ2v) is 7.70. The molecule has 1 saturated carbocycles. The van der Waals surface area contributed by atoms with E-state index in [0.29, 0.717) is 12.5 Å². The summed E-state index contributed by atoms with van der Waals surface area (Å²) in [7, 11) is 0. The summed E-state index contributed by atoms with van der Waals surface area (Å²) in [5.74, 6) is 1.82. The third kappa shape index (κ3) is 2.93. The van der Waals surface area contributed by atoms with Gasteiger partial charge in [0, 0.05) is 18.0 Å². The summed E-state index contributed by atoms with van der Waals surface area (Å²) in [6, 6.07) is 8.00. The zero-order valence-electron chi connectivity index (χ0n) is 13.6. The highest BCUT2D eigenvalue weighted by Gasteiger charge is 2.32. The number of rotatable bonds is 5. The molecule has 1 atom stereocenters. The first-order valence-corrected chi connectivity index (χ1v) is 9.48. The third-order valence-electron chi connectivity index (χ3n) is 4.73. The number of thioether (sulfide) groups is 1. The number of allylic oxidation sites excluding steroid dienone is 1. The zero-order valence-corrected chi connectivity index (χ0v) is 14.5. The topological polar surface area (TPSA) is 47.8 Å². The van der Waals surface area contributed by atoms with E-state index in [1.165, 1.54) is 18.4 Å². The summed E-state index contributed by atoms with van der Waals surface area (Å²) < 4.78 is 2.14. The van der Waals surface area contributed by atoms with Crippen LogP contribution in [0.2, 0.25) is 0 Å². The van der Waals surface area contributed by atoms with Crippen molar-refractivity contribution >= 4 is 17.5 Å². The Hall–Kier alpha value is -1.88. The van der Waals surface area contributed by atoms with Crippen molar-refractivity contribution in [2.45, 2.75) is 55.0 Å². The molecule has 1 fully saturated rings. The molecule has 5 heteroatoms. The lowest BCUT2D eigenvalue weighted by molar-refractivity contribution is 0.0988. The molecule has 4 nitrogen and oxygen atoms in total. The number of hydrogen-bond acceptors (Lipinski definition) is 4. The Kier molecular flexibility index (Phi) is 4.27. The number of nitrogens with zero attached hydrogens (tertiary/aromatic N) is 3. The lowest BCUT2D eigenvalue weighted by Gasteiger charge is -2.14. The van der Waals surface area contributed by atoms with Gasteiger partial charge >= 0.3 is 0 Å². The smallest absolute Gasteiger partial charge is 0.192 e. The van der Waals surface area contributed by atoms with Crippen LogP contribution in [0.5, 0.6) is 0 Å². The summed E-state index contributed by atoms with van der Waals surface area (Å²) in [4.78, 5) is 13.0. The van der Waals surface area contributed by atoms with Crippen LogP contribution in [0.25, 0.3) is 0 Å². The van der Waals surface area contributed by atoms with E-state index in [-0.39, 0.29) is 11.0 Å². The quantitative estimate of drug-likeness (QED) is 0.610. The molecule has 2 aromatic rings. The molecule has 1 heterocycles. The van der Waals surface area contributed by atoms with Crippen LogP contribution in [0.15, 0.2) is 42.1 Å². The van der Waals surface area contributed by atoms with Crippen LogP contribution < -0.4 is 0 Å². The van der Waals surface area contributed by atoms with Crippen molar-refractivity contribution in [2.24, 2.45) is 0 Å². The summed E-state index contributed by atoms with van der Waals surface area (Å²) in [6.45, 7) is 4.56. The lowest BCUT2D eigenvalue weighted by Crippen LogP contribution is -2.17. The molecule has 0 aliphatic heterocycles. The Bertz CT molecular complexity index is 779. The molecular weight excluding hydrogens is 318 g/mol. The average molecular weight is 339 g/mol. The molecule has 1 aromatic heterocycles. The van der Waals surface area contributed by atoms with Crippen LogP contribution in [0.3, 0.4) is 0 Å². The molecule has 2 aliphatic rings. The number of Topliss-reactive ketones (excluding diaryl/α,β-unsaturated/α-hetero) is 1. The Morgan fingerprint density at radius 1 is 1.25 bits per heavy atom. The maximum atomic E-state index is 13.0. The van der Waals surface area contributed by atoms with Gasteiger partial charge in [0.15, 0.2) is 10.9 Å². The number of benzene rings is 1. The van der Waals surface area contributed by atoms with Gasteiger partial charge in [0.25, 0.3) is 0 Å². The van der Waals surface area contributed by atoms with Crippen LogP contribution in [-0.4, -0.2) is 25.8 Å². The second kappa shape index (κ2) is 6.55. The minimum Gasteiger partial charge on any atom is -0.302 e. The molecule has 0 saturated heterocycles. The van der Waals surface area contributed by atoms with E-state index in [9.17, 15) is 4.79 Å². The second-order valence-electron chi connectivity index (χ2n) is 6.53. The molecule has 0 amide bonds. The predicted octanol–water partition coefficient (Wildman–Crippen LogP) is 4.02. The van der Waals surface area contributed by atoms with Crippen LogP contribution in [-0.2, 0) is 13.0 Å². The minimum absolute atomic E-state index is 0.0755. The van der Waals surface area contributed by atoms with Gasteiger partial charge in [0.05, 0.1) is 5.25 Å². The standard InChI is InChI=1S/C19H21N3OS/c1-2-12-22-18(14-10-11-14)20-21-19(22)24-16-9-5-7-13-6-3-4-8-15(13)17(16)23/h2-4,6,8,14,16H,1,5,7,9-12H2. The Balaban J connectivity index is 1.61. The molecule has 1 unspecified atom stereocenters. The van der Waals surface area contributed by atoms with E-state index in [2.05, 4.69) is 27.4 Å². The van der Waals surface area contributed by atoms with Gasteiger partial charge in [0.1, 0.15) is 5.82 Å². The van der Waals surface area contributed by atoms with Crippen LogP contribution in [0.4, 0.5) is 0 Å². The fourth-order valence-electron chi connectivity index (χ4n) is 3.33. The van der Waals surface area contributed by atoms with Crippen LogP contribution >= 0.6 is 11.8 Å². The first-order valence-electron chi connectivity index (χ1n) is 8.60. The number of ketones is 1. The Labute approximate surface area is 146 Å². The van der Waals surface area contributed by atoms with E-state index >= 15 is 0 Å². The van der Waals surface area contributed by atoms with Crippen molar-refractivity contribution in [2.75, 3.05) is 0 Å². The van der Waals surface area contributed by atoms with Gasteiger partial charge < -0.3 is 4.57 Å². The van der Waals surface area contributed by atoms with Crippen molar-refractivity contribution in [3.8, 4) is 0 Å². The van der Waals surface area contributed by atoms with E-state index in [4.69, 9.17) is 0 Å². The van der Waals surface area contributed by atoms with E-state index in [1.807, 2.05) is 24.3 Å². The van der Waals surface area contributed by atoms with E-state index in [1.54, 1.807) is 11.8 Å². The monoisotopic (exact) mass is 339 g/mol. The molecule has 0 N–H and O–H groups in total. The van der Waals surface area contributed by atoms with Gasteiger partial charge in [-0.1, -0.05) is 42.1 Å². The van der Waals surface area contributed by atoms with Crippen LogP contribution in [0.1, 0.15) is 53.3 Å². The van der Waals surface area contributed by atoms with Crippen molar-refractivity contribution in [3.63, 3.8) is 0 Å². The molecule has 24 heavy (non-hydrogen) atoms. The van der Waals surface area contributed by atoms with Gasteiger partial charge in [-0.2, -0.15) is 0 Å². The molecule has 0 spiro atoms. The van der Waals surface area contributed by atoms with Gasteiger partial charge in [-0.15, -0.1) is 16.8 Å². The van der Waals surface area contributed by atoms with Gasteiger partial charge in [-0.05, 0) is 37.7 Å². The van der Waals surface area contributed by atoms with Crippen molar-refractivity contribution in [1.82, 2.24) is 14.8 Å². The fraction of sp³-hybridized carbons (Fsp3) is 0.421. The maximum Gasteiger partial charge on any atom is 0.192 e. The van der Waals surface area contributed by atoms with E-state index < -0.39 is 0 Å². The highest BCUT2D eigenvalue weighted by molar-refractivity contribution is 8.00. The molecular formula is C19H21N3OS. The number of carbonyl (C=O) groups is 1. The number of hydrogen-bond donors (Lipinski definition) is 0. The van der Waals surface area contributed by atoms with Gasteiger partial charge in [-0.25, -0.2) is 0 Å². The van der Waals surface area contributed by atoms with Crippen molar-refractivity contribution < 1.29 is 4.79 Å². The number of aromatic nitrogens is 3. The predicted molar refractivity (Wildman–Crippen MR) is 95.5 cm³/mol. The molecule has 4 rings (SSSR count). The van der Waals surface area contributed by atoms with E-state index in [0.717, 1.165) is 35.8 Å². The Morgan fingerprint density at radius 2 is 2.08 bits per heavy atom. The van der Waals surface area contributed by atoms with Crippen molar-refractivity contribution in [3.05, 3.63) is 53.9 Å². The molecule has 124 valence electrons. The number of carbonyl (C=O) groups excluding carboxylic acids is 1. The first kappa shape index (κ1) is 15.6. The fourth-order valence-corrected chi connectivity index (χ4v) is 4.49. The minimum atomic E-state index is -0.0755.